The van der Waals surface area contributed by atoms with Crippen molar-refractivity contribution >= 4 is 16.5 Å². The molecule has 3 fully saturated rings. The van der Waals surface area contributed by atoms with Gasteiger partial charge in [-0.1, -0.05) is 36.8 Å². The van der Waals surface area contributed by atoms with E-state index in [0.29, 0.717) is 5.75 Å². The lowest BCUT2D eigenvalue weighted by molar-refractivity contribution is 0.251. The third kappa shape index (κ3) is 2.65. The molecule has 0 aromatic heterocycles. The number of nitrogens with zero attached hydrogens (tertiary/aromatic N) is 1. The molecule has 4 aliphatic rings. The van der Waals surface area contributed by atoms with E-state index >= 15 is 0 Å². The summed E-state index contributed by atoms with van der Waals surface area (Å²) in [5, 5.41) is 13.7. The Bertz CT molecular complexity index is 1210. The predicted molar refractivity (Wildman–Crippen MR) is 133 cm³/mol. The molecule has 7 rings (SSSR count). The molecular formula is C30H33NO. The fraction of sp³-hybridized carbons (Fsp3) is 0.467. The van der Waals surface area contributed by atoms with Gasteiger partial charge in [-0.3, -0.25) is 0 Å². The Morgan fingerprint density at radius 2 is 1.78 bits per heavy atom. The normalized spacial score (nSPS) is 28.7. The van der Waals surface area contributed by atoms with Crippen LogP contribution in [0.4, 0.5) is 5.69 Å². The first kappa shape index (κ1) is 19.0. The predicted octanol–water partition coefficient (Wildman–Crippen LogP) is 7.21. The van der Waals surface area contributed by atoms with Gasteiger partial charge in [0.25, 0.3) is 0 Å². The second-order valence-corrected chi connectivity index (χ2v) is 11.0. The van der Waals surface area contributed by atoms with Crippen molar-refractivity contribution in [2.45, 2.75) is 63.2 Å². The quantitative estimate of drug-likeness (QED) is 0.447. The van der Waals surface area contributed by atoms with Gasteiger partial charge in [0.2, 0.25) is 0 Å². The summed E-state index contributed by atoms with van der Waals surface area (Å²) in [6.07, 6.45) is 11.7. The Morgan fingerprint density at radius 1 is 0.906 bits per heavy atom. The van der Waals surface area contributed by atoms with Gasteiger partial charge in [-0.2, -0.15) is 0 Å². The molecule has 3 aliphatic carbocycles. The molecular weight excluding hydrogens is 390 g/mol. The van der Waals surface area contributed by atoms with Crippen molar-refractivity contribution in [1.82, 2.24) is 0 Å². The largest absolute Gasteiger partial charge is 0.507 e. The van der Waals surface area contributed by atoms with Crippen molar-refractivity contribution in [3.8, 4) is 16.9 Å². The van der Waals surface area contributed by atoms with E-state index in [1.165, 1.54) is 84.7 Å². The Hall–Kier alpha value is -2.48. The molecule has 2 bridgehead atoms. The molecule has 2 nitrogen and oxygen atoms in total. The van der Waals surface area contributed by atoms with Crippen molar-refractivity contribution in [1.29, 1.82) is 0 Å². The number of benzene rings is 3. The standard InChI is InChI=1S/C30H33NO/c32-28-18-27-29(25-11-10-23(17-26(25)28)31-14-4-1-5-15-31)24-7-3-2-6-21(24)12-13-30(27)19-20-8-9-22(30)16-20/h2-3,6-7,10-11,17-18,20,22,32H,1,4-5,8-9,12-16,19H2. The molecule has 1 aliphatic heterocycles. The van der Waals surface area contributed by atoms with Crippen molar-refractivity contribution in [2.75, 3.05) is 18.0 Å². The van der Waals surface area contributed by atoms with Gasteiger partial charge in [-0.15, -0.1) is 0 Å². The molecule has 3 aromatic carbocycles. The summed E-state index contributed by atoms with van der Waals surface area (Å²) in [5.41, 5.74) is 7.27. The third-order valence-electron chi connectivity index (χ3n) is 9.46. The van der Waals surface area contributed by atoms with Crippen molar-refractivity contribution in [3.05, 3.63) is 59.7 Å². The maximum absolute atomic E-state index is 11.4. The fourth-order valence-corrected chi connectivity index (χ4v) is 7.98. The van der Waals surface area contributed by atoms with Gasteiger partial charge in [0.15, 0.2) is 0 Å². The van der Waals surface area contributed by atoms with Crippen LogP contribution in [-0.4, -0.2) is 18.2 Å². The van der Waals surface area contributed by atoms with E-state index in [1.807, 2.05) is 0 Å². The highest BCUT2D eigenvalue weighted by Crippen LogP contribution is 2.62. The lowest BCUT2D eigenvalue weighted by Gasteiger charge is -2.39. The smallest absolute Gasteiger partial charge is 0.123 e. The van der Waals surface area contributed by atoms with Crippen molar-refractivity contribution in [2.24, 2.45) is 11.8 Å². The zero-order chi connectivity index (χ0) is 21.3. The average molecular weight is 424 g/mol. The lowest BCUT2D eigenvalue weighted by Crippen LogP contribution is -2.33. The monoisotopic (exact) mass is 423 g/mol. The average Bonchev–Trinajstić information content (AvgIpc) is 3.42. The molecule has 2 saturated carbocycles. The number of phenols is 1. The summed E-state index contributed by atoms with van der Waals surface area (Å²) >= 11 is 0. The number of fused-ring (bicyclic) bond motifs is 9. The number of rotatable bonds is 1. The van der Waals surface area contributed by atoms with Crippen LogP contribution in [0, 0.1) is 11.8 Å². The van der Waals surface area contributed by atoms with Gasteiger partial charge < -0.3 is 10.0 Å². The Morgan fingerprint density at radius 3 is 2.59 bits per heavy atom. The molecule has 1 spiro atoms. The minimum Gasteiger partial charge on any atom is -0.507 e. The van der Waals surface area contributed by atoms with Crippen LogP contribution in [0.3, 0.4) is 0 Å². The van der Waals surface area contributed by atoms with Crippen LogP contribution in [0.2, 0.25) is 0 Å². The van der Waals surface area contributed by atoms with Crippen LogP contribution in [0.1, 0.15) is 62.5 Å². The van der Waals surface area contributed by atoms with Gasteiger partial charge >= 0.3 is 0 Å². The second-order valence-electron chi connectivity index (χ2n) is 11.0. The Labute approximate surface area is 191 Å². The molecule has 3 unspecified atom stereocenters. The van der Waals surface area contributed by atoms with E-state index in [2.05, 4.69) is 53.4 Å². The first-order chi connectivity index (χ1) is 15.7. The molecule has 1 heterocycles. The van der Waals surface area contributed by atoms with Gasteiger partial charge in [0.05, 0.1) is 0 Å². The van der Waals surface area contributed by atoms with Crippen LogP contribution >= 0.6 is 0 Å². The zero-order valence-electron chi connectivity index (χ0n) is 18.9. The molecule has 3 aromatic rings. The van der Waals surface area contributed by atoms with Crippen LogP contribution in [0.25, 0.3) is 21.9 Å². The van der Waals surface area contributed by atoms with Gasteiger partial charge in [0, 0.05) is 24.2 Å². The number of aryl methyl sites for hydroxylation is 1. The summed E-state index contributed by atoms with van der Waals surface area (Å²) in [7, 11) is 0. The van der Waals surface area contributed by atoms with Crippen LogP contribution in [-0.2, 0) is 11.8 Å². The number of hydrogen-bond donors (Lipinski definition) is 1. The first-order valence-corrected chi connectivity index (χ1v) is 12.9. The summed E-state index contributed by atoms with van der Waals surface area (Å²) in [4.78, 5) is 2.50. The number of anilines is 1. The topological polar surface area (TPSA) is 23.5 Å². The fourth-order valence-electron chi connectivity index (χ4n) is 7.98. The highest BCUT2D eigenvalue weighted by atomic mass is 16.3. The molecule has 164 valence electrons. The molecule has 0 radical (unpaired) electrons. The van der Waals surface area contributed by atoms with Gasteiger partial charge in [-0.25, -0.2) is 0 Å². The molecule has 2 heteroatoms. The van der Waals surface area contributed by atoms with E-state index in [4.69, 9.17) is 0 Å². The minimum atomic E-state index is 0.245. The van der Waals surface area contributed by atoms with Crippen molar-refractivity contribution < 1.29 is 5.11 Å². The number of phenolic OH excluding ortho intramolecular Hbond substituents is 1. The van der Waals surface area contributed by atoms with E-state index in [9.17, 15) is 5.11 Å². The third-order valence-corrected chi connectivity index (χ3v) is 9.46. The highest BCUT2D eigenvalue weighted by molar-refractivity contribution is 6.04. The Balaban J connectivity index is 1.48. The second kappa shape index (κ2) is 7.01. The van der Waals surface area contributed by atoms with Gasteiger partial charge in [0.1, 0.15) is 5.75 Å². The lowest BCUT2D eigenvalue weighted by atomic mass is 9.65. The van der Waals surface area contributed by atoms with E-state index in [-0.39, 0.29) is 5.41 Å². The van der Waals surface area contributed by atoms with E-state index in [0.717, 1.165) is 36.7 Å². The molecule has 32 heavy (non-hydrogen) atoms. The molecule has 1 saturated heterocycles. The Kier molecular flexibility index (Phi) is 4.17. The minimum absolute atomic E-state index is 0.245. The first-order valence-electron chi connectivity index (χ1n) is 12.9. The number of hydrogen-bond acceptors (Lipinski definition) is 2. The van der Waals surface area contributed by atoms with Crippen LogP contribution < -0.4 is 4.90 Å². The summed E-state index contributed by atoms with van der Waals surface area (Å²) in [6, 6.07) is 18.2. The molecule has 1 N–H and O–H groups in total. The van der Waals surface area contributed by atoms with Crippen LogP contribution in [0.5, 0.6) is 5.75 Å². The summed E-state index contributed by atoms with van der Waals surface area (Å²) < 4.78 is 0. The number of piperidine rings is 1. The zero-order valence-corrected chi connectivity index (χ0v) is 18.9. The summed E-state index contributed by atoms with van der Waals surface area (Å²) in [5.74, 6) is 2.15. The maximum Gasteiger partial charge on any atom is 0.123 e. The molecule has 0 amide bonds. The highest BCUT2D eigenvalue weighted by Gasteiger charge is 2.53. The summed E-state index contributed by atoms with van der Waals surface area (Å²) in [6.45, 7) is 2.26. The van der Waals surface area contributed by atoms with Crippen LogP contribution in [0.15, 0.2) is 48.5 Å². The number of aromatic hydroxyl groups is 1. The van der Waals surface area contributed by atoms with Gasteiger partial charge in [-0.05, 0) is 114 Å². The van der Waals surface area contributed by atoms with E-state index in [1.54, 1.807) is 0 Å². The SMILES string of the molecule is Oc1cc2c(c3ccc(N4CCCCC4)cc13)-c1ccccc1CCC21CC2CCC1C2. The molecule has 3 atom stereocenters. The van der Waals surface area contributed by atoms with E-state index < -0.39 is 0 Å². The van der Waals surface area contributed by atoms with Crippen molar-refractivity contribution in [3.63, 3.8) is 0 Å². The maximum atomic E-state index is 11.4.